The fourth-order valence-electron chi connectivity index (χ4n) is 1.86. The molecule has 0 atom stereocenters. The van der Waals surface area contributed by atoms with Crippen molar-refractivity contribution in [2.75, 3.05) is 31.2 Å². The summed E-state index contributed by atoms with van der Waals surface area (Å²) in [5.74, 6) is 0.129. The third kappa shape index (κ3) is 5.90. The van der Waals surface area contributed by atoms with Crippen LogP contribution in [0.1, 0.15) is 24.5 Å². The quantitative estimate of drug-likeness (QED) is 0.587. The molecule has 5 nitrogen and oxygen atoms in total. The number of nitrogens with zero attached hydrogens (tertiary/aromatic N) is 1. The van der Waals surface area contributed by atoms with Gasteiger partial charge in [0.1, 0.15) is 0 Å². The molecule has 1 rings (SSSR count). The highest BCUT2D eigenvalue weighted by atomic mass is 32.2. The Hall–Kier alpha value is -1.18. The van der Waals surface area contributed by atoms with E-state index in [2.05, 4.69) is 24.5 Å². The Balaban J connectivity index is 2.33. The van der Waals surface area contributed by atoms with Crippen LogP contribution >= 0.6 is 12.2 Å². The van der Waals surface area contributed by atoms with Gasteiger partial charge in [-0.2, -0.15) is 0 Å². The van der Waals surface area contributed by atoms with Crippen molar-refractivity contribution >= 4 is 33.0 Å². The molecule has 0 heterocycles. The van der Waals surface area contributed by atoms with E-state index in [1.165, 1.54) is 15.4 Å². The third-order valence-electron chi connectivity index (χ3n) is 3.54. The molecule has 0 aliphatic carbocycles. The van der Waals surface area contributed by atoms with E-state index >= 15 is 0 Å². The van der Waals surface area contributed by atoms with Crippen LogP contribution < -0.4 is 10.6 Å². The topological polar surface area (TPSA) is 61.4 Å². The molecule has 0 spiro atoms. The predicted octanol–water partition coefficient (Wildman–Crippen LogP) is 2.26. The molecule has 2 N–H and O–H groups in total. The van der Waals surface area contributed by atoms with Crippen LogP contribution in [0.5, 0.6) is 0 Å². The molecule has 0 aliphatic heterocycles. The van der Waals surface area contributed by atoms with Crippen LogP contribution in [0.15, 0.2) is 18.2 Å². The van der Waals surface area contributed by atoms with Crippen molar-refractivity contribution < 1.29 is 8.42 Å². The zero-order valence-corrected chi connectivity index (χ0v) is 15.3. The monoisotopic (exact) mass is 343 g/mol. The summed E-state index contributed by atoms with van der Waals surface area (Å²) in [7, 11) is -1.50. The van der Waals surface area contributed by atoms with Gasteiger partial charge in [-0.25, -0.2) is 12.7 Å². The van der Waals surface area contributed by atoms with Crippen LogP contribution in [-0.2, 0) is 10.0 Å². The Morgan fingerprint density at radius 1 is 1.27 bits per heavy atom. The number of anilines is 1. The molecule has 0 saturated carbocycles. The summed E-state index contributed by atoms with van der Waals surface area (Å²) in [6, 6.07) is 6.08. The van der Waals surface area contributed by atoms with Gasteiger partial charge >= 0.3 is 0 Å². The van der Waals surface area contributed by atoms with Gasteiger partial charge in [-0.05, 0) is 62.7 Å². The summed E-state index contributed by atoms with van der Waals surface area (Å²) in [4.78, 5) is 0. The van der Waals surface area contributed by atoms with Crippen molar-refractivity contribution in [2.24, 2.45) is 0 Å². The van der Waals surface area contributed by atoms with Crippen LogP contribution in [0.2, 0.25) is 0 Å². The first-order valence-electron chi connectivity index (χ1n) is 7.32. The van der Waals surface area contributed by atoms with Gasteiger partial charge in [0, 0.05) is 25.8 Å². The number of aryl methyl sites for hydroxylation is 2. The van der Waals surface area contributed by atoms with Crippen LogP contribution in [0.25, 0.3) is 0 Å². The standard InChI is InChI=1S/C15H25N3O2S2/c1-5-22(19,20)18(4)10-6-9-16-15(21)17-14-8-7-12(2)13(3)11-14/h7-8,11H,5-6,9-10H2,1-4H3,(H2,16,17,21). The van der Waals surface area contributed by atoms with E-state index in [1.54, 1.807) is 14.0 Å². The SMILES string of the molecule is CCS(=O)(=O)N(C)CCCNC(=S)Nc1ccc(C)c(C)c1. The minimum atomic E-state index is -3.10. The van der Waals surface area contributed by atoms with Crippen molar-refractivity contribution in [1.82, 2.24) is 9.62 Å². The summed E-state index contributed by atoms with van der Waals surface area (Å²) in [6.45, 7) is 6.87. The van der Waals surface area contributed by atoms with Gasteiger partial charge in [-0.15, -0.1) is 0 Å². The molecule has 0 fully saturated rings. The number of benzene rings is 1. The zero-order chi connectivity index (χ0) is 16.8. The average molecular weight is 344 g/mol. The molecular formula is C15H25N3O2S2. The number of rotatable bonds is 7. The van der Waals surface area contributed by atoms with Gasteiger partial charge in [0.05, 0.1) is 5.75 Å². The Labute approximate surface area is 139 Å². The Morgan fingerprint density at radius 3 is 2.55 bits per heavy atom. The van der Waals surface area contributed by atoms with E-state index in [0.717, 1.165) is 5.69 Å². The minimum absolute atomic E-state index is 0.129. The first-order valence-corrected chi connectivity index (χ1v) is 9.34. The predicted molar refractivity (Wildman–Crippen MR) is 96.8 cm³/mol. The molecule has 0 bridgehead atoms. The molecule has 0 aliphatic rings. The highest BCUT2D eigenvalue weighted by molar-refractivity contribution is 7.89. The lowest BCUT2D eigenvalue weighted by Gasteiger charge is -2.16. The second kappa shape index (κ2) is 8.45. The summed E-state index contributed by atoms with van der Waals surface area (Å²) in [5.41, 5.74) is 3.40. The van der Waals surface area contributed by atoms with Crippen LogP contribution in [-0.4, -0.2) is 43.7 Å². The van der Waals surface area contributed by atoms with E-state index < -0.39 is 10.0 Å². The summed E-state index contributed by atoms with van der Waals surface area (Å²) >= 11 is 5.23. The number of thiocarbonyl (C=S) groups is 1. The van der Waals surface area contributed by atoms with E-state index in [-0.39, 0.29) is 5.75 Å². The Bertz CT molecular complexity index is 615. The maximum atomic E-state index is 11.6. The van der Waals surface area contributed by atoms with Gasteiger partial charge in [-0.1, -0.05) is 6.07 Å². The van der Waals surface area contributed by atoms with Gasteiger partial charge < -0.3 is 10.6 Å². The fourth-order valence-corrected chi connectivity index (χ4v) is 2.93. The van der Waals surface area contributed by atoms with E-state index in [9.17, 15) is 8.42 Å². The molecule has 1 aromatic rings. The third-order valence-corrected chi connectivity index (χ3v) is 5.65. The Kier molecular flexibility index (Phi) is 7.25. The summed E-state index contributed by atoms with van der Waals surface area (Å²) < 4.78 is 24.6. The second-order valence-corrected chi connectivity index (χ2v) is 8.03. The highest BCUT2D eigenvalue weighted by Crippen LogP contribution is 2.13. The molecule has 0 unspecified atom stereocenters. The molecule has 7 heteroatoms. The number of hydrogen-bond acceptors (Lipinski definition) is 3. The van der Waals surface area contributed by atoms with Crippen LogP contribution in [0.3, 0.4) is 0 Å². The molecule has 124 valence electrons. The summed E-state index contributed by atoms with van der Waals surface area (Å²) in [5, 5.41) is 6.76. The van der Waals surface area contributed by atoms with E-state index in [4.69, 9.17) is 12.2 Å². The lowest BCUT2D eigenvalue weighted by atomic mass is 10.1. The number of hydrogen-bond donors (Lipinski definition) is 2. The van der Waals surface area contributed by atoms with E-state index in [1.807, 2.05) is 18.2 Å². The van der Waals surface area contributed by atoms with Crippen molar-refractivity contribution in [2.45, 2.75) is 27.2 Å². The molecule has 0 amide bonds. The fraction of sp³-hybridized carbons (Fsp3) is 0.533. The van der Waals surface area contributed by atoms with Crippen molar-refractivity contribution in [3.63, 3.8) is 0 Å². The molecule has 1 aromatic carbocycles. The number of nitrogens with one attached hydrogen (secondary N) is 2. The lowest BCUT2D eigenvalue weighted by molar-refractivity contribution is 0.462. The van der Waals surface area contributed by atoms with Crippen molar-refractivity contribution in [3.8, 4) is 0 Å². The highest BCUT2D eigenvalue weighted by Gasteiger charge is 2.13. The van der Waals surface area contributed by atoms with Crippen LogP contribution in [0.4, 0.5) is 5.69 Å². The Morgan fingerprint density at radius 2 is 1.95 bits per heavy atom. The van der Waals surface area contributed by atoms with Gasteiger partial charge in [0.2, 0.25) is 10.0 Å². The van der Waals surface area contributed by atoms with Gasteiger partial charge in [-0.3, -0.25) is 0 Å². The largest absolute Gasteiger partial charge is 0.362 e. The first-order chi connectivity index (χ1) is 10.3. The normalized spacial score (nSPS) is 11.5. The van der Waals surface area contributed by atoms with Crippen molar-refractivity contribution in [3.05, 3.63) is 29.3 Å². The summed E-state index contributed by atoms with van der Waals surface area (Å²) in [6.07, 6.45) is 0.699. The van der Waals surface area contributed by atoms with Gasteiger partial charge in [0.15, 0.2) is 5.11 Å². The first kappa shape index (κ1) is 18.9. The maximum Gasteiger partial charge on any atom is 0.213 e. The smallest absolute Gasteiger partial charge is 0.213 e. The average Bonchev–Trinajstić information content (AvgIpc) is 2.47. The lowest BCUT2D eigenvalue weighted by Crippen LogP contribution is -2.33. The number of sulfonamides is 1. The molecular weight excluding hydrogens is 318 g/mol. The molecule has 0 aromatic heterocycles. The molecule has 0 radical (unpaired) electrons. The van der Waals surface area contributed by atoms with Crippen LogP contribution in [0, 0.1) is 13.8 Å². The van der Waals surface area contributed by atoms with E-state index in [0.29, 0.717) is 24.6 Å². The van der Waals surface area contributed by atoms with Gasteiger partial charge in [0.25, 0.3) is 0 Å². The van der Waals surface area contributed by atoms with Crippen molar-refractivity contribution in [1.29, 1.82) is 0 Å². The zero-order valence-electron chi connectivity index (χ0n) is 13.6. The maximum absolute atomic E-state index is 11.6. The second-order valence-electron chi connectivity index (χ2n) is 5.26. The molecule has 22 heavy (non-hydrogen) atoms. The molecule has 0 saturated heterocycles. The minimum Gasteiger partial charge on any atom is -0.362 e.